The topological polar surface area (TPSA) is 75.1 Å². The number of aromatic carboxylic acids is 1. The summed E-state index contributed by atoms with van der Waals surface area (Å²) in [7, 11) is 0. The molecule has 164 valence electrons. The lowest BCUT2D eigenvalue weighted by molar-refractivity contribution is 0.0693. The van der Waals surface area contributed by atoms with Crippen LogP contribution >= 0.6 is 34.7 Å². The SMILES string of the molecule is CSc1cc(-c2cc(NCCc3c(C)sc4c(Cl)cc(F)cc34)ncn2)ccc1C(=O)O. The van der Waals surface area contributed by atoms with Gasteiger partial charge in [-0.3, -0.25) is 0 Å². The van der Waals surface area contributed by atoms with E-state index in [0.717, 1.165) is 26.1 Å². The smallest absolute Gasteiger partial charge is 0.336 e. The number of anilines is 1. The molecule has 0 saturated carbocycles. The number of fused-ring (bicyclic) bond motifs is 1. The molecule has 4 rings (SSSR count). The van der Waals surface area contributed by atoms with Crippen LogP contribution in [0.2, 0.25) is 5.02 Å². The van der Waals surface area contributed by atoms with Crippen LogP contribution in [-0.2, 0) is 6.42 Å². The van der Waals surface area contributed by atoms with Crippen molar-refractivity contribution in [2.45, 2.75) is 18.2 Å². The summed E-state index contributed by atoms with van der Waals surface area (Å²) in [5, 5.41) is 13.9. The van der Waals surface area contributed by atoms with E-state index in [2.05, 4.69) is 15.3 Å². The van der Waals surface area contributed by atoms with Crippen molar-refractivity contribution < 1.29 is 14.3 Å². The normalized spacial score (nSPS) is 11.1. The highest BCUT2D eigenvalue weighted by molar-refractivity contribution is 7.98. The number of carbonyl (C=O) groups is 1. The molecule has 0 spiro atoms. The fraction of sp³-hybridized carbons (Fsp3) is 0.174. The monoisotopic (exact) mass is 487 g/mol. The average Bonchev–Trinajstić information content (AvgIpc) is 3.09. The Labute approximate surface area is 197 Å². The highest BCUT2D eigenvalue weighted by Crippen LogP contribution is 2.36. The van der Waals surface area contributed by atoms with Gasteiger partial charge in [0.15, 0.2) is 0 Å². The van der Waals surface area contributed by atoms with Gasteiger partial charge in [0.05, 0.1) is 21.0 Å². The lowest BCUT2D eigenvalue weighted by Gasteiger charge is -2.09. The van der Waals surface area contributed by atoms with Crippen molar-refractivity contribution in [2.75, 3.05) is 18.1 Å². The maximum atomic E-state index is 13.9. The highest BCUT2D eigenvalue weighted by atomic mass is 35.5. The van der Waals surface area contributed by atoms with Crippen LogP contribution in [0.1, 0.15) is 20.8 Å². The maximum Gasteiger partial charge on any atom is 0.336 e. The number of nitrogens with one attached hydrogen (secondary N) is 1. The summed E-state index contributed by atoms with van der Waals surface area (Å²) in [6.45, 7) is 2.62. The Kier molecular flexibility index (Phi) is 6.64. The van der Waals surface area contributed by atoms with Gasteiger partial charge in [0.25, 0.3) is 0 Å². The number of nitrogens with zero attached hydrogens (tertiary/aromatic N) is 2. The Balaban J connectivity index is 1.52. The lowest BCUT2D eigenvalue weighted by atomic mass is 10.1. The third kappa shape index (κ3) is 4.57. The summed E-state index contributed by atoms with van der Waals surface area (Å²) in [5.41, 5.74) is 2.85. The van der Waals surface area contributed by atoms with E-state index in [0.29, 0.717) is 34.4 Å². The van der Waals surface area contributed by atoms with Gasteiger partial charge in [0.2, 0.25) is 0 Å². The molecule has 0 aliphatic heterocycles. The number of aryl methyl sites for hydroxylation is 1. The predicted molar refractivity (Wildman–Crippen MR) is 130 cm³/mol. The first kappa shape index (κ1) is 22.5. The van der Waals surface area contributed by atoms with Gasteiger partial charge in [-0.2, -0.15) is 0 Å². The summed E-state index contributed by atoms with van der Waals surface area (Å²) in [6, 6.07) is 9.86. The number of benzene rings is 2. The predicted octanol–water partition coefficient (Wildman–Crippen LogP) is 6.53. The molecule has 0 radical (unpaired) electrons. The third-order valence-electron chi connectivity index (χ3n) is 5.09. The molecule has 0 amide bonds. The maximum absolute atomic E-state index is 13.9. The Morgan fingerprint density at radius 1 is 1.25 bits per heavy atom. The van der Waals surface area contributed by atoms with E-state index in [1.807, 2.05) is 25.3 Å². The number of rotatable bonds is 7. The van der Waals surface area contributed by atoms with Gasteiger partial charge < -0.3 is 10.4 Å². The minimum absolute atomic E-state index is 0.267. The van der Waals surface area contributed by atoms with E-state index in [-0.39, 0.29) is 11.4 Å². The number of carboxylic acids is 1. The van der Waals surface area contributed by atoms with Crippen LogP contribution in [0.25, 0.3) is 21.3 Å². The summed E-state index contributed by atoms with van der Waals surface area (Å²) in [4.78, 5) is 21.8. The van der Waals surface area contributed by atoms with Gasteiger partial charge in [-0.15, -0.1) is 23.1 Å². The van der Waals surface area contributed by atoms with Crippen molar-refractivity contribution >= 4 is 56.6 Å². The van der Waals surface area contributed by atoms with Gasteiger partial charge in [0.1, 0.15) is 18.0 Å². The second-order valence-electron chi connectivity index (χ2n) is 7.09. The Morgan fingerprint density at radius 3 is 2.81 bits per heavy atom. The van der Waals surface area contributed by atoms with E-state index in [9.17, 15) is 14.3 Å². The second kappa shape index (κ2) is 9.44. The average molecular weight is 488 g/mol. The second-order valence-corrected chi connectivity index (χ2v) is 9.57. The zero-order valence-corrected chi connectivity index (χ0v) is 19.7. The Morgan fingerprint density at radius 2 is 2.06 bits per heavy atom. The summed E-state index contributed by atoms with van der Waals surface area (Å²) in [5.74, 6) is -0.638. The fourth-order valence-corrected chi connectivity index (χ4v) is 5.59. The Bertz CT molecular complexity index is 1330. The Hall–Kier alpha value is -2.68. The summed E-state index contributed by atoms with van der Waals surface area (Å²) < 4.78 is 14.8. The van der Waals surface area contributed by atoms with Gasteiger partial charge >= 0.3 is 5.97 Å². The van der Waals surface area contributed by atoms with Crippen LogP contribution in [-0.4, -0.2) is 33.8 Å². The first-order valence-electron chi connectivity index (χ1n) is 9.72. The minimum atomic E-state index is -0.955. The van der Waals surface area contributed by atoms with Crippen LogP contribution in [0.4, 0.5) is 10.2 Å². The first-order chi connectivity index (χ1) is 15.4. The van der Waals surface area contributed by atoms with Crippen molar-refractivity contribution in [1.82, 2.24) is 9.97 Å². The van der Waals surface area contributed by atoms with Crippen LogP contribution in [0.5, 0.6) is 0 Å². The lowest BCUT2D eigenvalue weighted by Crippen LogP contribution is -2.07. The van der Waals surface area contributed by atoms with E-state index in [1.165, 1.54) is 30.2 Å². The molecular weight excluding hydrogens is 469 g/mol. The van der Waals surface area contributed by atoms with E-state index >= 15 is 0 Å². The number of hydrogen-bond donors (Lipinski definition) is 2. The molecule has 2 aromatic heterocycles. The molecular formula is C23H19ClFN3O2S2. The minimum Gasteiger partial charge on any atom is -0.478 e. The van der Waals surface area contributed by atoms with Crippen molar-refractivity contribution in [3.63, 3.8) is 0 Å². The van der Waals surface area contributed by atoms with Crippen molar-refractivity contribution in [2.24, 2.45) is 0 Å². The van der Waals surface area contributed by atoms with Crippen molar-refractivity contribution in [1.29, 1.82) is 0 Å². The van der Waals surface area contributed by atoms with E-state index in [4.69, 9.17) is 11.6 Å². The molecule has 0 fully saturated rings. The molecule has 2 aromatic carbocycles. The quantitative estimate of drug-likeness (QED) is 0.288. The molecule has 2 N–H and O–H groups in total. The molecule has 0 saturated heterocycles. The molecule has 32 heavy (non-hydrogen) atoms. The molecule has 5 nitrogen and oxygen atoms in total. The molecule has 4 aromatic rings. The highest BCUT2D eigenvalue weighted by Gasteiger charge is 2.14. The first-order valence-corrected chi connectivity index (χ1v) is 12.1. The zero-order chi connectivity index (χ0) is 22.8. The number of thiophene rings is 1. The third-order valence-corrected chi connectivity index (χ3v) is 7.47. The van der Waals surface area contributed by atoms with Crippen LogP contribution in [0.3, 0.4) is 0 Å². The van der Waals surface area contributed by atoms with Crippen LogP contribution in [0.15, 0.2) is 47.6 Å². The number of halogens is 2. The molecule has 0 atom stereocenters. The van der Waals surface area contributed by atoms with Crippen molar-refractivity contribution in [3.8, 4) is 11.3 Å². The van der Waals surface area contributed by atoms with Gasteiger partial charge in [0, 0.05) is 33.3 Å². The number of thioether (sulfide) groups is 1. The molecule has 9 heteroatoms. The van der Waals surface area contributed by atoms with Gasteiger partial charge in [-0.05, 0) is 49.4 Å². The number of hydrogen-bond acceptors (Lipinski definition) is 6. The molecule has 0 aliphatic carbocycles. The van der Waals surface area contributed by atoms with Gasteiger partial charge in [-0.25, -0.2) is 19.2 Å². The van der Waals surface area contributed by atoms with Gasteiger partial charge in [-0.1, -0.05) is 17.7 Å². The standard InChI is InChI=1S/C23H19ClFN3O2S2/c1-12-15(17-8-14(25)9-18(24)22(17)32-12)5-6-26-21-10-19(27-11-28-21)13-3-4-16(23(29)30)20(7-13)31-2/h3-4,7-11H,5-6H2,1-2H3,(H,29,30)(H,26,27,28). The van der Waals surface area contributed by atoms with E-state index in [1.54, 1.807) is 23.5 Å². The summed E-state index contributed by atoms with van der Waals surface area (Å²) >= 11 is 9.15. The molecule has 0 aliphatic rings. The fourth-order valence-electron chi connectivity index (χ4n) is 3.56. The number of aromatic nitrogens is 2. The molecule has 2 heterocycles. The molecule has 0 bridgehead atoms. The van der Waals surface area contributed by atoms with Crippen molar-refractivity contribution in [3.05, 3.63) is 69.6 Å². The zero-order valence-electron chi connectivity index (χ0n) is 17.3. The largest absolute Gasteiger partial charge is 0.478 e. The molecule has 0 unspecified atom stereocenters. The number of carboxylic acid groups (broad SMARTS) is 1. The van der Waals surface area contributed by atoms with E-state index < -0.39 is 5.97 Å². The van der Waals surface area contributed by atoms with Crippen LogP contribution in [0, 0.1) is 12.7 Å². The summed E-state index contributed by atoms with van der Waals surface area (Å²) in [6.07, 6.45) is 4.00. The van der Waals surface area contributed by atoms with Crippen LogP contribution < -0.4 is 5.32 Å².